The van der Waals surface area contributed by atoms with Gasteiger partial charge in [-0.25, -0.2) is 4.79 Å². The Balaban J connectivity index is 1.23. The second-order valence-corrected chi connectivity index (χ2v) is 12.2. The van der Waals surface area contributed by atoms with E-state index in [9.17, 15) is 9.59 Å². The Kier molecular flexibility index (Phi) is 14.1. The number of rotatable bonds is 18. The Morgan fingerprint density at radius 3 is 2.41 bits per heavy atom. The van der Waals surface area contributed by atoms with Gasteiger partial charge in [-0.2, -0.15) is 0 Å². The molecular weight excluding hydrogens is 652 g/mol. The Bertz CT molecular complexity index is 1420. The summed E-state index contributed by atoms with van der Waals surface area (Å²) < 4.78 is 35.2. The number of halogens is 1. The number of unbranched alkanes of at least 4 members (excludes halogenated alkanes) is 3. The monoisotopic (exact) mass is 696 g/mol. The van der Waals surface area contributed by atoms with E-state index >= 15 is 0 Å². The van der Waals surface area contributed by atoms with Crippen molar-refractivity contribution in [3.05, 3.63) is 70.7 Å². The molecule has 1 aliphatic rings. The van der Waals surface area contributed by atoms with Crippen LogP contribution >= 0.6 is 15.9 Å². The van der Waals surface area contributed by atoms with Crippen molar-refractivity contribution in [2.45, 2.75) is 71.8 Å². The number of para-hydroxylation sites is 1. The van der Waals surface area contributed by atoms with Crippen LogP contribution in [-0.2, 0) is 25.5 Å². The van der Waals surface area contributed by atoms with Crippen LogP contribution < -0.4 is 18.9 Å². The fourth-order valence-corrected chi connectivity index (χ4v) is 5.82. The van der Waals surface area contributed by atoms with Gasteiger partial charge in [-0.05, 0) is 86.2 Å². The predicted molar refractivity (Wildman–Crippen MR) is 181 cm³/mol. The highest BCUT2D eigenvalue weighted by molar-refractivity contribution is 9.10. The van der Waals surface area contributed by atoms with E-state index in [0.29, 0.717) is 38.6 Å². The third-order valence-corrected chi connectivity index (χ3v) is 8.19. The average Bonchev–Trinajstić information content (AvgIpc) is 3.06. The minimum atomic E-state index is -0.730. The lowest BCUT2D eigenvalue weighted by atomic mass is 9.96. The number of carbonyl (C=O) groups excluding carboxylic acids is 2. The van der Waals surface area contributed by atoms with Gasteiger partial charge < -0.3 is 28.4 Å². The van der Waals surface area contributed by atoms with Crippen LogP contribution in [-0.4, -0.2) is 51.1 Å². The molecule has 1 heterocycles. The van der Waals surface area contributed by atoms with E-state index in [0.717, 1.165) is 70.5 Å². The molecule has 8 nitrogen and oxygen atoms in total. The summed E-state index contributed by atoms with van der Waals surface area (Å²) >= 11 is 3.62. The number of esters is 2. The van der Waals surface area contributed by atoms with Crippen molar-refractivity contribution >= 4 is 27.9 Å². The van der Waals surface area contributed by atoms with Gasteiger partial charge in [0.25, 0.3) is 0 Å². The molecule has 2 atom stereocenters. The van der Waals surface area contributed by atoms with E-state index in [2.05, 4.69) is 22.0 Å². The second-order valence-electron chi connectivity index (χ2n) is 11.3. The van der Waals surface area contributed by atoms with Crippen molar-refractivity contribution in [3.63, 3.8) is 0 Å². The van der Waals surface area contributed by atoms with E-state index < -0.39 is 6.10 Å². The summed E-state index contributed by atoms with van der Waals surface area (Å²) in [5.74, 6) is 2.27. The fraction of sp³-hybridized carbons (Fsp3) is 0.459. The Morgan fingerprint density at radius 2 is 1.61 bits per heavy atom. The van der Waals surface area contributed by atoms with E-state index in [-0.39, 0.29) is 30.9 Å². The lowest BCUT2D eigenvalue weighted by Gasteiger charge is -2.25. The summed E-state index contributed by atoms with van der Waals surface area (Å²) in [6.45, 7) is 7.98. The van der Waals surface area contributed by atoms with Crippen LogP contribution in [0.2, 0.25) is 0 Å². The van der Waals surface area contributed by atoms with Crippen LogP contribution in [0.15, 0.2) is 65.1 Å². The minimum absolute atomic E-state index is 0.0472. The number of carbonyl (C=O) groups is 2. The number of hydrogen-bond donors (Lipinski definition) is 0. The van der Waals surface area contributed by atoms with Crippen LogP contribution in [0.4, 0.5) is 0 Å². The first kappa shape index (κ1) is 35.1. The van der Waals surface area contributed by atoms with Crippen LogP contribution in [0.5, 0.6) is 23.0 Å². The van der Waals surface area contributed by atoms with E-state index in [4.69, 9.17) is 28.4 Å². The molecule has 4 rings (SSSR count). The Morgan fingerprint density at radius 1 is 0.848 bits per heavy atom. The van der Waals surface area contributed by atoms with Gasteiger partial charge in [0, 0.05) is 16.8 Å². The maximum atomic E-state index is 12.9. The maximum Gasteiger partial charge on any atom is 0.347 e. The lowest BCUT2D eigenvalue weighted by molar-refractivity contribution is -0.154. The largest absolute Gasteiger partial charge is 0.494 e. The molecule has 248 valence electrons. The molecule has 0 bridgehead atoms. The van der Waals surface area contributed by atoms with E-state index in [1.165, 1.54) is 0 Å². The zero-order valence-electron chi connectivity index (χ0n) is 27.1. The summed E-state index contributed by atoms with van der Waals surface area (Å²) in [7, 11) is 0. The first-order chi connectivity index (χ1) is 22.4. The van der Waals surface area contributed by atoms with Gasteiger partial charge in [0.05, 0.1) is 19.8 Å². The van der Waals surface area contributed by atoms with Gasteiger partial charge >= 0.3 is 11.9 Å². The molecule has 9 heteroatoms. The number of fused-ring (bicyclic) bond motifs is 1. The molecule has 0 spiro atoms. The highest BCUT2D eigenvalue weighted by atomic mass is 79.9. The van der Waals surface area contributed by atoms with E-state index in [1.54, 1.807) is 13.8 Å². The Hall–Kier alpha value is -3.72. The second kappa shape index (κ2) is 18.4. The topological polar surface area (TPSA) is 89.5 Å². The van der Waals surface area contributed by atoms with Gasteiger partial charge in [-0.15, -0.1) is 0 Å². The molecule has 0 aliphatic carbocycles. The lowest BCUT2D eigenvalue weighted by Crippen LogP contribution is -2.36. The van der Waals surface area contributed by atoms with Crippen molar-refractivity contribution in [2.24, 2.45) is 5.92 Å². The number of hydrogen-bond acceptors (Lipinski definition) is 8. The van der Waals surface area contributed by atoms with Crippen LogP contribution in [0.25, 0.3) is 11.1 Å². The van der Waals surface area contributed by atoms with Crippen LogP contribution in [0.3, 0.4) is 0 Å². The molecular formula is C37H45BrO8. The van der Waals surface area contributed by atoms with Gasteiger partial charge in [-0.3, -0.25) is 4.79 Å². The van der Waals surface area contributed by atoms with E-state index in [1.807, 2.05) is 61.5 Å². The molecule has 2 unspecified atom stereocenters. The molecule has 0 N–H and O–H groups in total. The summed E-state index contributed by atoms with van der Waals surface area (Å²) in [5, 5.41) is 0. The molecule has 3 aromatic rings. The van der Waals surface area contributed by atoms with Crippen molar-refractivity contribution in [1.82, 2.24) is 0 Å². The third-order valence-electron chi connectivity index (χ3n) is 7.74. The highest BCUT2D eigenvalue weighted by Gasteiger charge is 2.29. The van der Waals surface area contributed by atoms with Crippen LogP contribution in [0.1, 0.15) is 64.9 Å². The smallest absolute Gasteiger partial charge is 0.347 e. The molecule has 0 saturated carbocycles. The maximum absolute atomic E-state index is 12.9. The number of aryl methyl sites for hydroxylation is 1. The van der Waals surface area contributed by atoms with Gasteiger partial charge in [-0.1, -0.05) is 66.4 Å². The SMILES string of the molecule is CCOC(=O)CCc1ccccc1OC(C(=O)OCC)C(C)CCCCCCOc1cc(Br)cc(-c2ccc3c(c2)OCCO3)c1. The van der Waals surface area contributed by atoms with Crippen molar-refractivity contribution in [2.75, 3.05) is 33.0 Å². The van der Waals surface area contributed by atoms with Crippen LogP contribution in [0, 0.1) is 5.92 Å². The third kappa shape index (κ3) is 10.7. The fourth-order valence-electron chi connectivity index (χ4n) is 5.35. The molecule has 0 aromatic heterocycles. The highest BCUT2D eigenvalue weighted by Crippen LogP contribution is 2.36. The predicted octanol–water partition coefficient (Wildman–Crippen LogP) is 8.36. The van der Waals surface area contributed by atoms with Crippen molar-refractivity contribution in [3.8, 4) is 34.1 Å². The van der Waals surface area contributed by atoms with Gasteiger partial charge in [0.2, 0.25) is 0 Å². The minimum Gasteiger partial charge on any atom is -0.494 e. The molecule has 1 aliphatic heterocycles. The molecule has 0 fully saturated rings. The number of benzene rings is 3. The first-order valence-electron chi connectivity index (χ1n) is 16.3. The average molecular weight is 698 g/mol. The van der Waals surface area contributed by atoms with Gasteiger partial charge in [0.1, 0.15) is 24.7 Å². The standard InChI is InChI=1S/C37H45BrO8/c1-4-41-35(39)18-16-27-13-9-10-14-32(27)46-36(37(40)42-5-2)26(3)12-8-6-7-11-19-43-31-23-29(22-30(38)25-31)28-15-17-33-34(24-28)45-21-20-44-33/h9-10,13-15,17,22-26,36H,4-8,11-12,16,18-21H2,1-3H3. The van der Waals surface area contributed by atoms with Crippen molar-refractivity contribution < 1.29 is 38.0 Å². The molecule has 3 aromatic carbocycles. The molecule has 46 heavy (non-hydrogen) atoms. The Labute approximate surface area is 280 Å². The number of ether oxygens (including phenoxy) is 6. The quantitative estimate of drug-likeness (QED) is 0.0968. The summed E-state index contributed by atoms with van der Waals surface area (Å²) in [6.07, 6.45) is 4.72. The summed E-state index contributed by atoms with van der Waals surface area (Å²) in [5.41, 5.74) is 2.94. The molecule has 0 amide bonds. The molecule has 0 saturated heterocycles. The zero-order chi connectivity index (χ0) is 32.7. The zero-order valence-corrected chi connectivity index (χ0v) is 28.6. The summed E-state index contributed by atoms with van der Waals surface area (Å²) in [4.78, 5) is 24.8. The normalized spacial score (nSPS) is 13.4. The summed E-state index contributed by atoms with van der Waals surface area (Å²) in [6, 6.07) is 19.6. The van der Waals surface area contributed by atoms with Crippen molar-refractivity contribution in [1.29, 1.82) is 0 Å². The first-order valence-corrected chi connectivity index (χ1v) is 17.1. The van der Waals surface area contributed by atoms with Gasteiger partial charge in [0.15, 0.2) is 17.6 Å². The molecule has 0 radical (unpaired) electrons.